The van der Waals surface area contributed by atoms with Crippen molar-refractivity contribution in [1.29, 1.82) is 0 Å². The van der Waals surface area contributed by atoms with Crippen LogP contribution in [-0.4, -0.2) is 11.5 Å². The maximum absolute atomic E-state index is 10.7. The molecule has 0 heterocycles. The summed E-state index contributed by atoms with van der Waals surface area (Å²) in [6.45, 7) is 0.515. The summed E-state index contributed by atoms with van der Waals surface area (Å²) < 4.78 is 0. The summed E-state index contributed by atoms with van der Waals surface area (Å²) in [5, 5.41) is 13.8. The molecule has 0 saturated heterocycles. The number of hydrogen-bond acceptors (Lipinski definition) is 5. The zero-order chi connectivity index (χ0) is 14.5. The molecule has 0 bridgehead atoms. The van der Waals surface area contributed by atoms with Gasteiger partial charge < -0.3 is 16.8 Å². The molecule has 6 heteroatoms. The number of nitrogen functional groups attached to an aromatic ring is 1. The zero-order valence-corrected chi connectivity index (χ0v) is 10.8. The van der Waals surface area contributed by atoms with E-state index in [0.717, 1.165) is 5.56 Å². The first kappa shape index (κ1) is 13.8. The molecule has 6 nitrogen and oxygen atoms in total. The van der Waals surface area contributed by atoms with Crippen LogP contribution in [0, 0.1) is 10.1 Å². The third kappa shape index (κ3) is 3.24. The Balaban J connectivity index is 2.01. The molecule has 2 rings (SSSR count). The van der Waals surface area contributed by atoms with Crippen LogP contribution in [0.15, 0.2) is 48.5 Å². The molecule has 0 fully saturated rings. The van der Waals surface area contributed by atoms with E-state index in [0.29, 0.717) is 12.2 Å². The van der Waals surface area contributed by atoms with E-state index in [-0.39, 0.29) is 17.4 Å². The quantitative estimate of drug-likeness (QED) is 0.439. The van der Waals surface area contributed by atoms with Crippen LogP contribution in [0.2, 0.25) is 0 Å². The summed E-state index contributed by atoms with van der Waals surface area (Å²) in [5.41, 5.74) is 13.5. The third-order valence-corrected chi connectivity index (χ3v) is 2.98. The standard InChI is InChI=1S/C14H16N4O2/c15-12-8-11(6-7-14(12)18(19)20)17-9-13(16)10-4-2-1-3-5-10/h1-8,13,17H,9,15-16H2. The van der Waals surface area contributed by atoms with Gasteiger partial charge in [0.05, 0.1) is 4.92 Å². The highest BCUT2D eigenvalue weighted by atomic mass is 16.6. The summed E-state index contributed by atoms with van der Waals surface area (Å²) in [4.78, 5) is 10.2. The second-order valence-corrected chi connectivity index (χ2v) is 4.43. The van der Waals surface area contributed by atoms with E-state index in [4.69, 9.17) is 11.5 Å². The van der Waals surface area contributed by atoms with Gasteiger partial charge in [-0.2, -0.15) is 0 Å². The molecule has 2 aromatic carbocycles. The number of nitro groups is 1. The predicted molar refractivity (Wildman–Crippen MR) is 79.4 cm³/mol. The number of rotatable bonds is 5. The Morgan fingerprint density at radius 3 is 2.50 bits per heavy atom. The van der Waals surface area contributed by atoms with Gasteiger partial charge >= 0.3 is 0 Å². The van der Waals surface area contributed by atoms with Crippen molar-refractivity contribution < 1.29 is 4.92 Å². The van der Waals surface area contributed by atoms with Crippen molar-refractivity contribution in [2.75, 3.05) is 17.6 Å². The highest BCUT2D eigenvalue weighted by molar-refractivity contribution is 5.65. The van der Waals surface area contributed by atoms with E-state index < -0.39 is 4.92 Å². The minimum absolute atomic E-state index is 0.0945. The minimum atomic E-state index is -0.505. The molecule has 20 heavy (non-hydrogen) atoms. The van der Waals surface area contributed by atoms with Crippen molar-refractivity contribution in [2.24, 2.45) is 5.73 Å². The molecule has 0 aliphatic carbocycles. The molecular formula is C14H16N4O2. The highest BCUT2D eigenvalue weighted by Gasteiger charge is 2.11. The lowest BCUT2D eigenvalue weighted by atomic mass is 10.1. The third-order valence-electron chi connectivity index (χ3n) is 2.98. The van der Waals surface area contributed by atoms with Gasteiger partial charge in [-0.3, -0.25) is 10.1 Å². The molecule has 1 unspecified atom stereocenters. The van der Waals surface area contributed by atoms with Crippen LogP contribution in [0.25, 0.3) is 0 Å². The Hall–Kier alpha value is -2.60. The molecule has 1 atom stereocenters. The Morgan fingerprint density at radius 2 is 1.90 bits per heavy atom. The first-order valence-corrected chi connectivity index (χ1v) is 6.16. The number of anilines is 2. The Morgan fingerprint density at radius 1 is 1.20 bits per heavy atom. The first-order chi connectivity index (χ1) is 9.58. The van der Waals surface area contributed by atoms with Crippen molar-refractivity contribution in [1.82, 2.24) is 0 Å². The molecule has 0 aromatic heterocycles. The molecule has 0 aliphatic rings. The van der Waals surface area contributed by atoms with Crippen LogP contribution >= 0.6 is 0 Å². The highest BCUT2D eigenvalue weighted by Crippen LogP contribution is 2.24. The van der Waals surface area contributed by atoms with E-state index >= 15 is 0 Å². The van der Waals surface area contributed by atoms with Crippen LogP contribution < -0.4 is 16.8 Å². The van der Waals surface area contributed by atoms with Crippen molar-refractivity contribution in [2.45, 2.75) is 6.04 Å². The van der Waals surface area contributed by atoms with Crippen LogP contribution in [-0.2, 0) is 0 Å². The van der Waals surface area contributed by atoms with E-state index in [9.17, 15) is 10.1 Å². The lowest BCUT2D eigenvalue weighted by Crippen LogP contribution is -2.20. The number of nitro benzene ring substituents is 1. The molecule has 0 amide bonds. The fraction of sp³-hybridized carbons (Fsp3) is 0.143. The van der Waals surface area contributed by atoms with E-state index in [1.807, 2.05) is 30.3 Å². The van der Waals surface area contributed by atoms with Gasteiger partial charge in [-0.1, -0.05) is 30.3 Å². The molecule has 0 saturated carbocycles. The summed E-state index contributed by atoms with van der Waals surface area (Å²) in [7, 11) is 0. The molecule has 5 N–H and O–H groups in total. The fourth-order valence-electron chi connectivity index (χ4n) is 1.88. The summed E-state index contributed by atoms with van der Waals surface area (Å²) >= 11 is 0. The number of benzene rings is 2. The zero-order valence-electron chi connectivity index (χ0n) is 10.8. The van der Waals surface area contributed by atoms with Crippen molar-refractivity contribution in [3.63, 3.8) is 0 Å². The second kappa shape index (κ2) is 6.03. The number of nitrogens with two attached hydrogens (primary N) is 2. The summed E-state index contributed by atoms with van der Waals surface area (Å²) in [5.74, 6) is 0. The lowest BCUT2D eigenvalue weighted by molar-refractivity contribution is -0.383. The van der Waals surface area contributed by atoms with E-state index in [1.54, 1.807) is 6.07 Å². The normalized spacial score (nSPS) is 11.8. The molecule has 104 valence electrons. The molecule has 0 spiro atoms. The fourth-order valence-corrected chi connectivity index (χ4v) is 1.88. The van der Waals surface area contributed by atoms with Gasteiger partial charge in [0.2, 0.25) is 0 Å². The largest absolute Gasteiger partial charge is 0.393 e. The van der Waals surface area contributed by atoms with Gasteiger partial charge in [0.25, 0.3) is 5.69 Å². The predicted octanol–water partition coefficient (Wildman–Crippen LogP) is 2.29. The number of nitrogens with zero attached hydrogens (tertiary/aromatic N) is 1. The van der Waals surface area contributed by atoms with Crippen molar-refractivity contribution >= 4 is 17.1 Å². The topological polar surface area (TPSA) is 107 Å². The summed E-state index contributed by atoms with van der Waals surface area (Å²) in [6.07, 6.45) is 0. The van der Waals surface area contributed by atoms with Crippen LogP contribution in [0.3, 0.4) is 0 Å². The first-order valence-electron chi connectivity index (χ1n) is 6.16. The smallest absolute Gasteiger partial charge is 0.292 e. The molecular weight excluding hydrogens is 256 g/mol. The van der Waals surface area contributed by atoms with Gasteiger partial charge in [-0.25, -0.2) is 0 Å². The second-order valence-electron chi connectivity index (χ2n) is 4.43. The molecule has 0 aliphatic heterocycles. The van der Waals surface area contributed by atoms with Crippen LogP contribution in [0.4, 0.5) is 17.1 Å². The van der Waals surface area contributed by atoms with Crippen molar-refractivity contribution in [3.05, 3.63) is 64.2 Å². The Kier molecular flexibility index (Phi) is 4.17. The maximum atomic E-state index is 10.7. The lowest BCUT2D eigenvalue weighted by Gasteiger charge is -2.14. The van der Waals surface area contributed by atoms with E-state index in [2.05, 4.69) is 5.32 Å². The Labute approximate surface area is 116 Å². The van der Waals surface area contributed by atoms with Crippen LogP contribution in [0.5, 0.6) is 0 Å². The van der Waals surface area contributed by atoms with Crippen LogP contribution in [0.1, 0.15) is 11.6 Å². The number of hydrogen-bond donors (Lipinski definition) is 3. The monoisotopic (exact) mass is 272 g/mol. The van der Waals surface area contributed by atoms with Gasteiger partial charge in [0, 0.05) is 24.3 Å². The number of nitrogens with one attached hydrogen (secondary N) is 1. The average molecular weight is 272 g/mol. The van der Waals surface area contributed by atoms with Gasteiger partial charge in [0.1, 0.15) is 5.69 Å². The molecule has 0 radical (unpaired) electrons. The SMILES string of the molecule is Nc1cc(NCC(N)c2ccccc2)ccc1[N+](=O)[O-]. The summed E-state index contributed by atoms with van der Waals surface area (Å²) in [6, 6.07) is 14.1. The van der Waals surface area contributed by atoms with E-state index in [1.165, 1.54) is 12.1 Å². The van der Waals surface area contributed by atoms with Gasteiger partial charge in [-0.15, -0.1) is 0 Å². The molecule has 2 aromatic rings. The minimum Gasteiger partial charge on any atom is -0.393 e. The van der Waals surface area contributed by atoms with Gasteiger partial charge in [-0.05, 0) is 17.7 Å². The maximum Gasteiger partial charge on any atom is 0.292 e. The van der Waals surface area contributed by atoms with Gasteiger partial charge in [0.15, 0.2) is 0 Å². The van der Waals surface area contributed by atoms with Crippen molar-refractivity contribution in [3.8, 4) is 0 Å². The Bertz CT molecular complexity index is 601. The average Bonchev–Trinajstić information content (AvgIpc) is 2.45.